The Hall–Kier alpha value is -2.18. The van der Waals surface area contributed by atoms with E-state index in [9.17, 15) is 4.79 Å². The zero-order valence-corrected chi connectivity index (χ0v) is 15.0. The summed E-state index contributed by atoms with van der Waals surface area (Å²) in [6.45, 7) is 4.17. The number of amides is 1. The van der Waals surface area contributed by atoms with Crippen LogP contribution in [0.4, 0.5) is 5.82 Å². The van der Waals surface area contributed by atoms with Crippen LogP contribution in [-0.2, 0) is 11.3 Å². The maximum atomic E-state index is 12.0. The standard InChI is InChI=1S/C18H28N6O/c1-2-9-20-17-15-12-23-24(18(15)22-13-21-17)11-10-19-16(25)8-7-14-5-3-4-6-14/h12-14H,2-11H2,1H3,(H,19,25)(H,20,21,22). The molecular formula is C18H28N6O. The van der Waals surface area contributed by atoms with Crippen molar-refractivity contribution in [1.82, 2.24) is 25.1 Å². The van der Waals surface area contributed by atoms with E-state index in [0.29, 0.717) is 19.5 Å². The van der Waals surface area contributed by atoms with E-state index in [1.165, 1.54) is 25.7 Å². The summed E-state index contributed by atoms with van der Waals surface area (Å²) in [6.07, 6.45) is 11.3. The Labute approximate surface area is 148 Å². The average molecular weight is 344 g/mol. The van der Waals surface area contributed by atoms with Crippen molar-refractivity contribution >= 4 is 22.8 Å². The Kier molecular flexibility index (Phi) is 6.19. The average Bonchev–Trinajstić information content (AvgIpc) is 3.28. The van der Waals surface area contributed by atoms with Crippen LogP contribution in [0.2, 0.25) is 0 Å². The smallest absolute Gasteiger partial charge is 0.220 e. The van der Waals surface area contributed by atoms with Crippen LogP contribution >= 0.6 is 0 Å². The Morgan fingerprint density at radius 1 is 1.28 bits per heavy atom. The largest absolute Gasteiger partial charge is 0.369 e. The van der Waals surface area contributed by atoms with E-state index in [2.05, 4.69) is 32.6 Å². The lowest BCUT2D eigenvalue weighted by molar-refractivity contribution is -0.121. The summed E-state index contributed by atoms with van der Waals surface area (Å²) in [4.78, 5) is 20.6. The number of nitrogens with zero attached hydrogens (tertiary/aromatic N) is 4. The minimum atomic E-state index is 0.142. The highest BCUT2D eigenvalue weighted by atomic mass is 16.1. The van der Waals surface area contributed by atoms with Crippen molar-refractivity contribution < 1.29 is 4.79 Å². The van der Waals surface area contributed by atoms with Crippen molar-refractivity contribution in [3.8, 4) is 0 Å². The minimum absolute atomic E-state index is 0.142. The van der Waals surface area contributed by atoms with Gasteiger partial charge < -0.3 is 10.6 Å². The molecule has 3 rings (SSSR count). The molecule has 0 aliphatic heterocycles. The lowest BCUT2D eigenvalue weighted by atomic mass is 10.0. The molecule has 2 heterocycles. The SMILES string of the molecule is CCCNc1ncnc2c1cnn2CCNC(=O)CCC1CCCC1. The van der Waals surface area contributed by atoms with E-state index in [0.717, 1.165) is 42.2 Å². The summed E-state index contributed by atoms with van der Waals surface area (Å²) < 4.78 is 1.82. The first-order valence-electron chi connectivity index (χ1n) is 9.45. The van der Waals surface area contributed by atoms with Crippen LogP contribution in [0.3, 0.4) is 0 Å². The third-order valence-corrected chi connectivity index (χ3v) is 4.88. The van der Waals surface area contributed by atoms with E-state index in [1.54, 1.807) is 12.5 Å². The van der Waals surface area contributed by atoms with Gasteiger partial charge in [-0.15, -0.1) is 0 Å². The van der Waals surface area contributed by atoms with Gasteiger partial charge in [0.1, 0.15) is 12.1 Å². The van der Waals surface area contributed by atoms with Gasteiger partial charge in [-0.3, -0.25) is 4.79 Å². The molecule has 7 nitrogen and oxygen atoms in total. The summed E-state index contributed by atoms with van der Waals surface area (Å²) in [6, 6.07) is 0. The van der Waals surface area contributed by atoms with Crippen molar-refractivity contribution in [1.29, 1.82) is 0 Å². The normalized spacial score (nSPS) is 14.9. The molecular weight excluding hydrogens is 316 g/mol. The monoisotopic (exact) mass is 344 g/mol. The predicted molar refractivity (Wildman–Crippen MR) is 98.3 cm³/mol. The highest BCUT2D eigenvalue weighted by molar-refractivity contribution is 5.86. The van der Waals surface area contributed by atoms with Crippen LogP contribution in [0.5, 0.6) is 0 Å². The fraction of sp³-hybridized carbons (Fsp3) is 0.667. The van der Waals surface area contributed by atoms with Crippen LogP contribution in [0, 0.1) is 5.92 Å². The lowest BCUT2D eigenvalue weighted by Crippen LogP contribution is -2.27. The van der Waals surface area contributed by atoms with Gasteiger partial charge in [0.15, 0.2) is 5.65 Å². The molecule has 2 N–H and O–H groups in total. The summed E-state index contributed by atoms with van der Waals surface area (Å²) in [5, 5.41) is 11.6. The first kappa shape index (κ1) is 17.6. The van der Waals surface area contributed by atoms with Crippen molar-refractivity contribution in [2.45, 2.75) is 58.4 Å². The molecule has 0 unspecified atom stereocenters. The molecule has 0 spiro atoms. The van der Waals surface area contributed by atoms with Crippen LogP contribution in [-0.4, -0.2) is 38.7 Å². The molecule has 136 valence electrons. The highest BCUT2D eigenvalue weighted by Crippen LogP contribution is 2.28. The number of carbonyl (C=O) groups is 1. The fourth-order valence-electron chi connectivity index (χ4n) is 3.46. The van der Waals surface area contributed by atoms with Gasteiger partial charge in [0, 0.05) is 19.5 Å². The van der Waals surface area contributed by atoms with Gasteiger partial charge in [0.25, 0.3) is 0 Å². The minimum Gasteiger partial charge on any atom is -0.369 e. The van der Waals surface area contributed by atoms with E-state index in [-0.39, 0.29) is 5.91 Å². The molecule has 25 heavy (non-hydrogen) atoms. The van der Waals surface area contributed by atoms with Gasteiger partial charge in [-0.2, -0.15) is 5.10 Å². The predicted octanol–water partition coefficient (Wildman–Crippen LogP) is 2.73. The number of aromatic nitrogens is 4. The van der Waals surface area contributed by atoms with Crippen molar-refractivity contribution in [2.75, 3.05) is 18.4 Å². The zero-order chi connectivity index (χ0) is 17.5. The molecule has 2 aromatic heterocycles. The maximum Gasteiger partial charge on any atom is 0.220 e. The molecule has 1 amide bonds. The summed E-state index contributed by atoms with van der Waals surface area (Å²) in [5.41, 5.74) is 0.800. The van der Waals surface area contributed by atoms with Crippen LogP contribution < -0.4 is 10.6 Å². The second-order valence-corrected chi connectivity index (χ2v) is 6.79. The second-order valence-electron chi connectivity index (χ2n) is 6.79. The van der Waals surface area contributed by atoms with Gasteiger partial charge >= 0.3 is 0 Å². The van der Waals surface area contributed by atoms with E-state index in [1.807, 2.05) is 4.68 Å². The molecule has 1 saturated carbocycles. The van der Waals surface area contributed by atoms with Crippen LogP contribution in [0.15, 0.2) is 12.5 Å². The molecule has 7 heteroatoms. The molecule has 1 aliphatic rings. The molecule has 0 saturated heterocycles. The summed E-state index contributed by atoms with van der Waals surface area (Å²) in [7, 11) is 0. The topological polar surface area (TPSA) is 84.7 Å². The van der Waals surface area contributed by atoms with E-state index >= 15 is 0 Å². The number of carbonyl (C=O) groups excluding carboxylic acids is 1. The number of nitrogens with one attached hydrogen (secondary N) is 2. The maximum absolute atomic E-state index is 12.0. The van der Waals surface area contributed by atoms with E-state index in [4.69, 9.17) is 0 Å². The van der Waals surface area contributed by atoms with Crippen molar-refractivity contribution in [3.05, 3.63) is 12.5 Å². The molecule has 0 atom stereocenters. The molecule has 0 bridgehead atoms. The van der Waals surface area contributed by atoms with Gasteiger partial charge in [-0.25, -0.2) is 14.6 Å². The number of hydrogen-bond donors (Lipinski definition) is 2. The summed E-state index contributed by atoms with van der Waals surface area (Å²) >= 11 is 0. The Morgan fingerprint density at radius 2 is 2.12 bits per heavy atom. The Balaban J connectivity index is 1.48. The molecule has 2 aromatic rings. The van der Waals surface area contributed by atoms with Crippen molar-refractivity contribution in [3.63, 3.8) is 0 Å². The van der Waals surface area contributed by atoms with Crippen LogP contribution in [0.1, 0.15) is 51.9 Å². The molecule has 1 aliphatic carbocycles. The van der Waals surface area contributed by atoms with Gasteiger partial charge in [0.05, 0.1) is 18.1 Å². The third kappa shape index (κ3) is 4.67. The van der Waals surface area contributed by atoms with Crippen molar-refractivity contribution in [2.24, 2.45) is 5.92 Å². The first-order valence-corrected chi connectivity index (χ1v) is 9.45. The van der Waals surface area contributed by atoms with Gasteiger partial charge in [-0.05, 0) is 18.8 Å². The summed E-state index contributed by atoms with van der Waals surface area (Å²) in [5.74, 6) is 1.72. The van der Waals surface area contributed by atoms with Crippen LogP contribution in [0.25, 0.3) is 11.0 Å². The number of fused-ring (bicyclic) bond motifs is 1. The fourth-order valence-corrected chi connectivity index (χ4v) is 3.46. The Morgan fingerprint density at radius 3 is 2.92 bits per heavy atom. The Bertz CT molecular complexity index is 692. The quantitative estimate of drug-likeness (QED) is 0.730. The molecule has 0 radical (unpaired) electrons. The number of anilines is 1. The zero-order valence-electron chi connectivity index (χ0n) is 15.0. The molecule has 1 fully saturated rings. The lowest BCUT2D eigenvalue weighted by Gasteiger charge is -2.09. The van der Waals surface area contributed by atoms with Gasteiger partial charge in [-0.1, -0.05) is 32.6 Å². The first-order chi connectivity index (χ1) is 12.3. The number of hydrogen-bond acceptors (Lipinski definition) is 5. The van der Waals surface area contributed by atoms with E-state index < -0.39 is 0 Å². The highest BCUT2D eigenvalue weighted by Gasteiger charge is 2.16. The third-order valence-electron chi connectivity index (χ3n) is 4.88. The van der Waals surface area contributed by atoms with Gasteiger partial charge in [0.2, 0.25) is 5.91 Å². The molecule has 0 aromatic carbocycles. The second kappa shape index (κ2) is 8.78. The number of rotatable bonds is 9.